The van der Waals surface area contributed by atoms with Crippen LogP contribution in [-0.2, 0) is 14.3 Å². The molecule has 3 N–H and O–H groups in total. The van der Waals surface area contributed by atoms with Gasteiger partial charge in [-0.2, -0.15) is 0 Å². The molecule has 0 heterocycles. The lowest BCUT2D eigenvalue weighted by Crippen LogP contribution is -2.45. The number of unbranched alkanes of at least 4 members (excludes halogenated alkanes) is 53. The molecule has 0 radical (unpaired) electrons. The van der Waals surface area contributed by atoms with E-state index in [0.29, 0.717) is 19.4 Å². The van der Waals surface area contributed by atoms with E-state index >= 15 is 0 Å². The van der Waals surface area contributed by atoms with Crippen molar-refractivity contribution in [2.75, 3.05) is 13.2 Å². The third-order valence-corrected chi connectivity index (χ3v) is 17.3. The third kappa shape index (κ3) is 68.8. The molecular weight excluding hydrogens is 1020 g/mol. The molecule has 6 nitrogen and oxygen atoms in total. The van der Waals surface area contributed by atoms with E-state index in [4.69, 9.17) is 4.74 Å². The van der Waals surface area contributed by atoms with Crippen molar-refractivity contribution >= 4 is 11.9 Å². The molecule has 83 heavy (non-hydrogen) atoms. The molecule has 0 saturated carbocycles. The molecule has 488 valence electrons. The molecule has 0 spiro atoms. The second kappa shape index (κ2) is 72.3. The van der Waals surface area contributed by atoms with Crippen LogP contribution in [0.2, 0.25) is 0 Å². The van der Waals surface area contributed by atoms with Crippen molar-refractivity contribution < 1.29 is 24.5 Å². The van der Waals surface area contributed by atoms with Gasteiger partial charge in [0, 0.05) is 12.8 Å². The van der Waals surface area contributed by atoms with Crippen LogP contribution in [0.3, 0.4) is 0 Å². The summed E-state index contributed by atoms with van der Waals surface area (Å²) in [6.45, 7) is 4.87. The summed E-state index contributed by atoms with van der Waals surface area (Å²) in [5.41, 5.74) is 0. The van der Waals surface area contributed by atoms with Crippen molar-refractivity contribution in [3.63, 3.8) is 0 Å². The van der Waals surface area contributed by atoms with E-state index in [9.17, 15) is 19.8 Å². The van der Waals surface area contributed by atoms with Crippen molar-refractivity contribution in [1.82, 2.24) is 5.32 Å². The smallest absolute Gasteiger partial charge is 0.305 e. The Morgan fingerprint density at radius 2 is 0.627 bits per heavy atom. The van der Waals surface area contributed by atoms with Gasteiger partial charge in [0.1, 0.15) is 0 Å². The fourth-order valence-electron chi connectivity index (χ4n) is 11.6. The van der Waals surface area contributed by atoms with Gasteiger partial charge in [-0.25, -0.2) is 0 Å². The lowest BCUT2D eigenvalue weighted by molar-refractivity contribution is -0.143. The zero-order valence-electron chi connectivity index (χ0n) is 55.9. The van der Waals surface area contributed by atoms with Gasteiger partial charge in [0.2, 0.25) is 5.91 Å². The Labute approximate surface area is 518 Å². The van der Waals surface area contributed by atoms with E-state index in [2.05, 4.69) is 55.6 Å². The fraction of sp³-hybridized carbons (Fsp3) is 0.870. The van der Waals surface area contributed by atoms with Crippen molar-refractivity contribution in [2.24, 2.45) is 0 Å². The molecule has 0 rings (SSSR count). The van der Waals surface area contributed by atoms with Gasteiger partial charge in [-0.1, -0.05) is 358 Å². The maximum Gasteiger partial charge on any atom is 0.305 e. The highest BCUT2D eigenvalue weighted by atomic mass is 16.5. The second-order valence-corrected chi connectivity index (χ2v) is 25.6. The molecule has 6 heteroatoms. The summed E-state index contributed by atoms with van der Waals surface area (Å²) >= 11 is 0. The lowest BCUT2D eigenvalue weighted by atomic mass is 10.0. The molecule has 2 atom stereocenters. The highest BCUT2D eigenvalue weighted by Crippen LogP contribution is 2.19. The minimum Gasteiger partial charge on any atom is -0.466 e. The molecule has 0 aromatic heterocycles. The summed E-state index contributed by atoms with van der Waals surface area (Å²) in [5, 5.41) is 23.3. The fourth-order valence-corrected chi connectivity index (χ4v) is 11.6. The number of allylic oxidation sites excluding steroid dienone is 7. The molecule has 0 aliphatic carbocycles. The molecule has 0 aromatic carbocycles. The van der Waals surface area contributed by atoms with Crippen molar-refractivity contribution in [3.8, 4) is 0 Å². The second-order valence-electron chi connectivity index (χ2n) is 25.6. The summed E-state index contributed by atoms with van der Waals surface area (Å²) in [4.78, 5) is 24.6. The van der Waals surface area contributed by atoms with E-state index < -0.39 is 12.1 Å². The number of nitrogens with one attached hydrogen (secondary N) is 1. The lowest BCUT2D eigenvalue weighted by Gasteiger charge is -2.20. The largest absolute Gasteiger partial charge is 0.466 e. The SMILES string of the molecule is CCC/C=C\C/C=C\CCCCCCCC(=O)OCCCCCCCCCCCCCC/C=C\CCCCCCCCCCCCCCCCC(=O)NC(CO)C(O)/C=C/CCCCCCCCCCCCCCCCCCCCCCC. The predicted molar refractivity (Wildman–Crippen MR) is 366 cm³/mol. The van der Waals surface area contributed by atoms with E-state index in [0.717, 1.165) is 51.4 Å². The number of hydrogen-bond donors (Lipinski definition) is 3. The average molecular weight is 1170 g/mol. The zero-order chi connectivity index (χ0) is 59.9. The van der Waals surface area contributed by atoms with E-state index in [1.54, 1.807) is 6.08 Å². The summed E-state index contributed by atoms with van der Waals surface area (Å²) in [6.07, 6.45) is 95.0. The average Bonchev–Trinajstić information content (AvgIpc) is 3.48. The number of esters is 1. The van der Waals surface area contributed by atoms with Crippen LogP contribution in [0.4, 0.5) is 0 Å². The van der Waals surface area contributed by atoms with E-state index in [1.165, 1.54) is 327 Å². The van der Waals surface area contributed by atoms with Gasteiger partial charge in [0.05, 0.1) is 25.4 Å². The topological polar surface area (TPSA) is 95.9 Å². The van der Waals surface area contributed by atoms with Crippen LogP contribution in [0.5, 0.6) is 0 Å². The van der Waals surface area contributed by atoms with Gasteiger partial charge in [0.25, 0.3) is 0 Å². The van der Waals surface area contributed by atoms with Crippen LogP contribution in [0, 0.1) is 0 Å². The molecular formula is C77H145NO5. The Kier molecular flexibility index (Phi) is 70.4. The van der Waals surface area contributed by atoms with Crippen LogP contribution in [-0.4, -0.2) is 47.4 Å². The molecule has 0 aliphatic rings. The van der Waals surface area contributed by atoms with Gasteiger partial charge in [-0.3, -0.25) is 9.59 Å². The first-order valence-electron chi connectivity index (χ1n) is 37.4. The van der Waals surface area contributed by atoms with Gasteiger partial charge in [-0.15, -0.1) is 0 Å². The Morgan fingerprint density at radius 1 is 0.337 bits per heavy atom. The third-order valence-electron chi connectivity index (χ3n) is 17.3. The van der Waals surface area contributed by atoms with Crippen LogP contribution < -0.4 is 5.32 Å². The van der Waals surface area contributed by atoms with Crippen LogP contribution >= 0.6 is 0 Å². The zero-order valence-corrected chi connectivity index (χ0v) is 55.9. The quantitative estimate of drug-likeness (QED) is 0.0320. The molecule has 0 bridgehead atoms. The minimum atomic E-state index is -0.845. The highest BCUT2D eigenvalue weighted by molar-refractivity contribution is 5.76. The number of rotatable bonds is 70. The number of aliphatic hydroxyl groups excluding tert-OH is 2. The number of amides is 1. The molecule has 0 saturated heterocycles. The maximum atomic E-state index is 12.5. The summed E-state index contributed by atoms with van der Waals surface area (Å²) in [6, 6.07) is -0.629. The Hall–Kier alpha value is -2.18. The van der Waals surface area contributed by atoms with Crippen molar-refractivity contribution in [1.29, 1.82) is 0 Å². The monoisotopic (exact) mass is 1160 g/mol. The maximum absolute atomic E-state index is 12.5. The predicted octanol–water partition coefficient (Wildman–Crippen LogP) is 24.4. The van der Waals surface area contributed by atoms with Gasteiger partial charge >= 0.3 is 5.97 Å². The highest BCUT2D eigenvalue weighted by Gasteiger charge is 2.18. The van der Waals surface area contributed by atoms with Crippen LogP contribution in [0.1, 0.15) is 406 Å². The number of carbonyl (C=O) groups excluding carboxylic acids is 2. The Morgan fingerprint density at radius 3 is 0.976 bits per heavy atom. The van der Waals surface area contributed by atoms with Crippen molar-refractivity contribution in [3.05, 3.63) is 48.6 Å². The number of hydrogen-bond acceptors (Lipinski definition) is 5. The molecule has 2 unspecified atom stereocenters. The molecule has 1 amide bonds. The standard InChI is InChI=1S/C77H145NO5/c1-3-5-7-9-11-13-15-17-18-19-20-21-30-33-36-39-42-46-49-53-57-61-65-69-75(80)74(73-79)78-76(81)70-66-62-58-54-50-47-43-40-37-34-31-28-26-24-22-23-25-27-29-32-35-38-41-44-48-52-56-60-64-68-72-83-77(82)71-67-63-59-55-51-45-16-14-12-10-8-6-4-2/h8,10,14,16,23,25,65,69,74-75,79-80H,3-7,9,11-13,15,17-22,24,26-64,66-68,70-73H2,1-2H3,(H,78,81)/b10-8-,16-14-,25-23-,69-65+. The van der Waals surface area contributed by atoms with Crippen LogP contribution in [0.25, 0.3) is 0 Å². The first kappa shape index (κ1) is 80.8. The van der Waals surface area contributed by atoms with Crippen molar-refractivity contribution in [2.45, 2.75) is 418 Å². The molecule has 0 aromatic rings. The van der Waals surface area contributed by atoms with E-state index in [-0.39, 0.29) is 18.5 Å². The van der Waals surface area contributed by atoms with E-state index in [1.807, 2.05) is 6.08 Å². The molecule has 0 fully saturated rings. The Bertz CT molecular complexity index is 1390. The summed E-state index contributed by atoms with van der Waals surface area (Å²) < 4.78 is 5.48. The first-order valence-corrected chi connectivity index (χ1v) is 37.4. The number of aliphatic hydroxyl groups is 2. The Balaban J connectivity index is 3.40. The first-order chi connectivity index (χ1) is 41.0. The number of carbonyl (C=O) groups is 2. The normalized spacial score (nSPS) is 12.8. The van der Waals surface area contributed by atoms with Crippen LogP contribution in [0.15, 0.2) is 48.6 Å². The number of ether oxygens (including phenoxy) is 1. The summed E-state index contributed by atoms with van der Waals surface area (Å²) in [5.74, 6) is -0.0609. The van der Waals surface area contributed by atoms with Gasteiger partial charge < -0.3 is 20.3 Å². The minimum absolute atomic E-state index is 0.00162. The van der Waals surface area contributed by atoms with Gasteiger partial charge in [0.15, 0.2) is 0 Å². The van der Waals surface area contributed by atoms with Gasteiger partial charge in [-0.05, 0) is 83.5 Å². The summed E-state index contributed by atoms with van der Waals surface area (Å²) in [7, 11) is 0. The molecule has 0 aliphatic heterocycles.